The minimum absolute atomic E-state index is 0.311. The van der Waals surface area contributed by atoms with Crippen LogP contribution in [0.2, 0.25) is 0 Å². The Hall–Kier alpha value is -0.120. The lowest BCUT2D eigenvalue weighted by atomic mass is 10.0. The van der Waals surface area contributed by atoms with Crippen molar-refractivity contribution in [1.82, 2.24) is 4.90 Å². The Bertz CT molecular complexity index is 152. The monoisotopic (exact) mass is 201 g/mol. The first-order chi connectivity index (χ1) is 6.79. The molecular weight excluding hydrogens is 178 g/mol. The van der Waals surface area contributed by atoms with Crippen LogP contribution < -0.4 is 0 Å². The predicted molar refractivity (Wildman–Crippen MR) is 57.3 cm³/mol. The van der Waals surface area contributed by atoms with Gasteiger partial charge in [-0.15, -0.1) is 0 Å². The third-order valence-electron chi connectivity index (χ3n) is 3.23. The summed E-state index contributed by atoms with van der Waals surface area (Å²) in [5.41, 5.74) is 0. The van der Waals surface area contributed by atoms with Crippen LogP contribution in [-0.2, 0) is 4.74 Å². The van der Waals surface area contributed by atoms with Gasteiger partial charge in [0.1, 0.15) is 0 Å². The number of unbranched alkanes of at least 4 members (excludes halogenated alkanes) is 1. The van der Waals surface area contributed by atoms with Crippen LogP contribution in [0.25, 0.3) is 0 Å². The summed E-state index contributed by atoms with van der Waals surface area (Å²) in [5.74, 6) is 0.655. The van der Waals surface area contributed by atoms with Gasteiger partial charge in [-0.25, -0.2) is 0 Å². The second-order valence-corrected chi connectivity index (χ2v) is 4.25. The van der Waals surface area contributed by atoms with E-state index in [4.69, 9.17) is 4.74 Å². The smallest absolute Gasteiger partial charge is 0.0589 e. The van der Waals surface area contributed by atoms with Gasteiger partial charge in [0.05, 0.1) is 6.61 Å². The molecule has 1 aliphatic rings. The molecule has 0 saturated carbocycles. The standard InChI is InChI=1S/C11H23NO2/c1-10-5-7-12(11(10)9-13)6-3-4-8-14-2/h10-11,13H,3-9H2,1-2H3. The molecule has 2 atom stereocenters. The van der Waals surface area contributed by atoms with E-state index in [-0.39, 0.29) is 0 Å². The van der Waals surface area contributed by atoms with Crippen molar-refractivity contribution in [3.8, 4) is 0 Å². The number of aliphatic hydroxyl groups excluding tert-OH is 1. The lowest BCUT2D eigenvalue weighted by molar-refractivity contribution is 0.132. The summed E-state index contributed by atoms with van der Waals surface area (Å²) in [6.07, 6.45) is 3.53. The Kier molecular flexibility index (Phi) is 5.45. The third-order valence-corrected chi connectivity index (χ3v) is 3.23. The van der Waals surface area contributed by atoms with Gasteiger partial charge in [0.2, 0.25) is 0 Å². The molecule has 0 spiro atoms. The van der Waals surface area contributed by atoms with Crippen molar-refractivity contribution in [2.45, 2.75) is 32.2 Å². The van der Waals surface area contributed by atoms with Crippen LogP contribution in [0.15, 0.2) is 0 Å². The second-order valence-electron chi connectivity index (χ2n) is 4.25. The molecule has 84 valence electrons. The van der Waals surface area contributed by atoms with Crippen LogP contribution in [0.1, 0.15) is 26.2 Å². The van der Waals surface area contributed by atoms with Crippen LogP contribution in [-0.4, -0.2) is 49.5 Å². The fourth-order valence-corrected chi connectivity index (χ4v) is 2.22. The first kappa shape index (κ1) is 12.0. The van der Waals surface area contributed by atoms with E-state index >= 15 is 0 Å². The maximum atomic E-state index is 9.24. The van der Waals surface area contributed by atoms with Crippen LogP contribution in [0.4, 0.5) is 0 Å². The molecule has 0 aromatic carbocycles. The van der Waals surface area contributed by atoms with Gasteiger partial charge >= 0.3 is 0 Å². The van der Waals surface area contributed by atoms with Crippen molar-refractivity contribution < 1.29 is 9.84 Å². The largest absolute Gasteiger partial charge is 0.395 e. The Balaban J connectivity index is 2.17. The van der Waals surface area contributed by atoms with Gasteiger partial charge in [-0.05, 0) is 38.3 Å². The zero-order valence-corrected chi connectivity index (χ0v) is 9.41. The molecule has 1 rings (SSSR count). The number of aliphatic hydroxyl groups is 1. The van der Waals surface area contributed by atoms with Gasteiger partial charge in [-0.1, -0.05) is 6.92 Å². The Morgan fingerprint density at radius 1 is 1.43 bits per heavy atom. The highest BCUT2D eigenvalue weighted by Crippen LogP contribution is 2.23. The van der Waals surface area contributed by atoms with Crippen LogP contribution in [0, 0.1) is 5.92 Å². The number of hydrogen-bond acceptors (Lipinski definition) is 3. The average Bonchev–Trinajstić information content (AvgIpc) is 2.54. The molecule has 0 bridgehead atoms. The van der Waals surface area contributed by atoms with E-state index < -0.39 is 0 Å². The van der Waals surface area contributed by atoms with E-state index in [2.05, 4.69) is 11.8 Å². The normalized spacial score (nSPS) is 28.5. The Morgan fingerprint density at radius 2 is 2.21 bits per heavy atom. The molecule has 14 heavy (non-hydrogen) atoms. The van der Waals surface area contributed by atoms with Crippen LogP contribution >= 0.6 is 0 Å². The van der Waals surface area contributed by atoms with E-state index in [1.807, 2.05) is 0 Å². The van der Waals surface area contributed by atoms with Crippen molar-refractivity contribution in [1.29, 1.82) is 0 Å². The topological polar surface area (TPSA) is 32.7 Å². The quantitative estimate of drug-likeness (QED) is 0.654. The van der Waals surface area contributed by atoms with E-state index in [1.54, 1.807) is 7.11 Å². The average molecular weight is 201 g/mol. The zero-order chi connectivity index (χ0) is 10.4. The number of ether oxygens (including phenoxy) is 1. The highest BCUT2D eigenvalue weighted by Gasteiger charge is 2.29. The van der Waals surface area contributed by atoms with Gasteiger partial charge in [-0.2, -0.15) is 0 Å². The summed E-state index contributed by atoms with van der Waals surface area (Å²) in [6, 6.07) is 0.401. The van der Waals surface area contributed by atoms with E-state index in [9.17, 15) is 5.11 Å². The predicted octanol–water partition coefficient (Wildman–Crippen LogP) is 1.12. The van der Waals surface area contributed by atoms with E-state index in [1.165, 1.54) is 12.8 Å². The Morgan fingerprint density at radius 3 is 2.86 bits per heavy atom. The van der Waals surface area contributed by atoms with Crippen molar-refractivity contribution in [3.63, 3.8) is 0 Å². The molecule has 1 heterocycles. The molecule has 1 N–H and O–H groups in total. The molecular formula is C11H23NO2. The van der Waals surface area contributed by atoms with Crippen LogP contribution in [0.5, 0.6) is 0 Å². The van der Waals surface area contributed by atoms with Gasteiger partial charge in [-0.3, -0.25) is 4.90 Å². The van der Waals surface area contributed by atoms with Crippen molar-refractivity contribution in [3.05, 3.63) is 0 Å². The maximum Gasteiger partial charge on any atom is 0.0589 e. The number of nitrogens with zero attached hydrogens (tertiary/aromatic N) is 1. The molecule has 0 aromatic heterocycles. The molecule has 1 fully saturated rings. The summed E-state index contributed by atoms with van der Waals surface area (Å²) in [4.78, 5) is 2.42. The van der Waals surface area contributed by atoms with Crippen molar-refractivity contribution in [2.24, 2.45) is 5.92 Å². The van der Waals surface area contributed by atoms with Gasteiger partial charge in [0.25, 0.3) is 0 Å². The third kappa shape index (κ3) is 3.23. The van der Waals surface area contributed by atoms with Gasteiger partial charge < -0.3 is 9.84 Å². The molecule has 0 aliphatic carbocycles. The van der Waals surface area contributed by atoms with E-state index in [0.29, 0.717) is 18.6 Å². The molecule has 3 nitrogen and oxygen atoms in total. The summed E-state index contributed by atoms with van der Waals surface area (Å²) in [7, 11) is 1.74. The Labute approximate surface area is 87.1 Å². The SMILES string of the molecule is COCCCCN1CCC(C)C1CO. The summed E-state index contributed by atoms with van der Waals surface area (Å²) >= 11 is 0. The summed E-state index contributed by atoms with van der Waals surface area (Å²) in [5, 5.41) is 9.24. The highest BCUT2D eigenvalue weighted by molar-refractivity contribution is 4.83. The summed E-state index contributed by atoms with van der Waals surface area (Å²) < 4.78 is 5.01. The molecule has 0 amide bonds. The molecule has 0 aromatic rings. The molecule has 1 aliphatic heterocycles. The molecule has 2 unspecified atom stereocenters. The van der Waals surface area contributed by atoms with E-state index in [0.717, 1.165) is 26.1 Å². The van der Waals surface area contributed by atoms with Crippen LogP contribution in [0.3, 0.4) is 0 Å². The lowest BCUT2D eigenvalue weighted by Gasteiger charge is -2.24. The van der Waals surface area contributed by atoms with Crippen molar-refractivity contribution in [2.75, 3.05) is 33.4 Å². The molecule has 1 saturated heterocycles. The first-order valence-electron chi connectivity index (χ1n) is 5.63. The van der Waals surface area contributed by atoms with Gasteiger partial charge in [0.15, 0.2) is 0 Å². The number of hydrogen-bond donors (Lipinski definition) is 1. The number of methoxy groups -OCH3 is 1. The van der Waals surface area contributed by atoms with Gasteiger partial charge in [0, 0.05) is 19.8 Å². The fraction of sp³-hybridized carbons (Fsp3) is 1.00. The lowest BCUT2D eigenvalue weighted by Crippen LogP contribution is -2.35. The summed E-state index contributed by atoms with van der Waals surface area (Å²) in [6.45, 7) is 5.66. The minimum atomic E-state index is 0.311. The second kappa shape index (κ2) is 6.38. The molecule has 0 radical (unpaired) electrons. The minimum Gasteiger partial charge on any atom is -0.395 e. The maximum absolute atomic E-state index is 9.24. The fourth-order valence-electron chi connectivity index (χ4n) is 2.22. The zero-order valence-electron chi connectivity index (χ0n) is 9.41. The molecule has 3 heteroatoms. The first-order valence-corrected chi connectivity index (χ1v) is 5.63. The number of likely N-dealkylation sites (tertiary alicyclic amines) is 1. The van der Waals surface area contributed by atoms with Crippen molar-refractivity contribution >= 4 is 0 Å². The highest BCUT2D eigenvalue weighted by atomic mass is 16.5. The number of rotatable bonds is 6.